The van der Waals surface area contributed by atoms with E-state index in [9.17, 15) is 20.0 Å². The lowest BCUT2D eigenvalue weighted by molar-refractivity contribution is -0.259. The van der Waals surface area contributed by atoms with Crippen molar-refractivity contribution in [2.24, 2.45) is 0 Å². The van der Waals surface area contributed by atoms with Crippen molar-refractivity contribution < 1.29 is 29.5 Å². The second kappa shape index (κ2) is 13.4. The maximum absolute atomic E-state index is 12.3. The van der Waals surface area contributed by atoms with Crippen molar-refractivity contribution in [2.45, 2.75) is 180 Å². The van der Waals surface area contributed by atoms with Gasteiger partial charge in [0.25, 0.3) is 0 Å². The summed E-state index contributed by atoms with van der Waals surface area (Å²) < 4.78 is 11.5. The third kappa shape index (κ3) is 9.76. The van der Waals surface area contributed by atoms with Crippen LogP contribution in [0.1, 0.15) is 145 Å². The Balaban J connectivity index is 1.48. The van der Waals surface area contributed by atoms with Gasteiger partial charge in [0.2, 0.25) is 0 Å². The SMILES string of the molecule is CC1(C)CC(OC(=O)CCCCCCCCCCC(=O)OC2CC(C)(C)N(O)C(C)(C)C2)CC(C)(C)N1O. The molecular formula is C30H56N2O6. The number of nitrogens with zero attached hydrogens (tertiary/aromatic N) is 2. The van der Waals surface area contributed by atoms with E-state index in [-0.39, 0.29) is 24.1 Å². The summed E-state index contributed by atoms with van der Waals surface area (Å²) in [6.07, 6.45) is 11.4. The molecule has 2 saturated heterocycles. The Bertz CT molecular complexity index is 679. The molecule has 2 heterocycles. The minimum Gasteiger partial charge on any atom is -0.462 e. The zero-order valence-corrected chi connectivity index (χ0v) is 25.5. The molecule has 2 aliphatic heterocycles. The molecule has 0 saturated carbocycles. The molecule has 222 valence electrons. The van der Waals surface area contributed by atoms with E-state index in [1.54, 1.807) is 0 Å². The third-order valence-electron chi connectivity index (χ3n) is 8.31. The predicted octanol–water partition coefficient (Wildman–Crippen LogP) is 6.80. The van der Waals surface area contributed by atoms with Gasteiger partial charge in [-0.15, -0.1) is 0 Å². The first-order valence-corrected chi connectivity index (χ1v) is 14.8. The number of hydrogen-bond donors (Lipinski definition) is 2. The van der Waals surface area contributed by atoms with E-state index in [2.05, 4.69) is 0 Å². The third-order valence-corrected chi connectivity index (χ3v) is 8.31. The maximum atomic E-state index is 12.3. The summed E-state index contributed by atoms with van der Waals surface area (Å²) in [5, 5.41) is 23.6. The summed E-state index contributed by atoms with van der Waals surface area (Å²) in [6.45, 7) is 15.8. The minimum atomic E-state index is -0.417. The van der Waals surface area contributed by atoms with E-state index in [1.807, 2.05) is 55.4 Å². The van der Waals surface area contributed by atoms with Crippen LogP contribution in [0.5, 0.6) is 0 Å². The Hall–Kier alpha value is -1.22. The van der Waals surface area contributed by atoms with Crippen molar-refractivity contribution in [1.29, 1.82) is 0 Å². The largest absolute Gasteiger partial charge is 0.462 e. The van der Waals surface area contributed by atoms with Crippen molar-refractivity contribution in [1.82, 2.24) is 10.1 Å². The summed E-state index contributed by atoms with van der Waals surface area (Å²) in [5.41, 5.74) is -1.67. The molecule has 0 atom stereocenters. The van der Waals surface area contributed by atoms with Crippen LogP contribution in [-0.4, -0.2) is 66.8 Å². The van der Waals surface area contributed by atoms with Gasteiger partial charge in [0.15, 0.2) is 0 Å². The Morgan fingerprint density at radius 2 is 0.789 bits per heavy atom. The monoisotopic (exact) mass is 540 g/mol. The summed E-state index contributed by atoms with van der Waals surface area (Å²) in [5.74, 6) is -0.261. The smallest absolute Gasteiger partial charge is 0.306 e. The van der Waals surface area contributed by atoms with E-state index >= 15 is 0 Å². The van der Waals surface area contributed by atoms with Crippen LogP contribution in [0, 0.1) is 0 Å². The molecule has 0 spiro atoms. The molecule has 0 bridgehead atoms. The van der Waals surface area contributed by atoms with Crippen LogP contribution in [0.4, 0.5) is 0 Å². The van der Waals surface area contributed by atoms with Gasteiger partial charge < -0.3 is 19.9 Å². The van der Waals surface area contributed by atoms with Crippen LogP contribution < -0.4 is 0 Å². The van der Waals surface area contributed by atoms with Crippen molar-refractivity contribution >= 4 is 11.9 Å². The number of carbonyl (C=O) groups is 2. The lowest BCUT2D eigenvalue weighted by Crippen LogP contribution is -2.60. The minimum absolute atomic E-state index is 0.131. The Kier molecular flexibility index (Phi) is 11.7. The number of carbonyl (C=O) groups excluding carboxylic acids is 2. The fraction of sp³-hybridized carbons (Fsp3) is 0.933. The highest BCUT2D eigenvalue weighted by Gasteiger charge is 2.47. The lowest BCUT2D eigenvalue weighted by atomic mass is 9.80. The molecule has 0 aromatic carbocycles. The average molecular weight is 541 g/mol. The molecule has 0 unspecified atom stereocenters. The molecule has 2 aliphatic rings. The molecule has 2 fully saturated rings. The zero-order chi connectivity index (χ0) is 28.8. The molecule has 8 heteroatoms. The molecule has 2 rings (SSSR count). The van der Waals surface area contributed by atoms with Gasteiger partial charge in [-0.25, -0.2) is 0 Å². The first kappa shape index (κ1) is 33.0. The van der Waals surface area contributed by atoms with Crippen LogP contribution in [0.2, 0.25) is 0 Å². The Morgan fingerprint density at radius 1 is 0.553 bits per heavy atom. The molecule has 0 aromatic heterocycles. The van der Waals surface area contributed by atoms with Crippen LogP contribution in [-0.2, 0) is 19.1 Å². The van der Waals surface area contributed by atoms with Crippen molar-refractivity contribution in [3.8, 4) is 0 Å². The summed E-state index contributed by atoms with van der Waals surface area (Å²) >= 11 is 0. The van der Waals surface area contributed by atoms with Gasteiger partial charge in [0, 0.05) is 60.7 Å². The quantitative estimate of drug-likeness (QED) is 0.194. The summed E-state index contributed by atoms with van der Waals surface area (Å²) in [7, 11) is 0. The number of esters is 2. The Morgan fingerprint density at radius 3 is 1.05 bits per heavy atom. The number of ether oxygens (including phenoxy) is 2. The molecular weight excluding hydrogens is 484 g/mol. The van der Waals surface area contributed by atoms with Crippen LogP contribution in [0.3, 0.4) is 0 Å². The highest BCUT2D eigenvalue weighted by atomic mass is 16.6. The average Bonchev–Trinajstić information content (AvgIpc) is 2.76. The standard InChI is InChI=1S/C30H56N2O6/c1-27(2)19-23(20-28(3,4)31(27)35)37-25(33)17-15-13-11-9-10-12-14-16-18-26(34)38-24-21-29(5,6)32(36)30(7,8)22-24/h23-24,35-36H,9-22H2,1-8H3. The molecule has 38 heavy (non-hydrogen) atoms. The van der Waals surface area contributed by atoms with Gasteiger partial charge in [-0.2, -0.15) is 10.1 Å². The van der Waals surface area contributed by atoms with Crippen LogP contribution in [0.25, 0.3) is 0 Å². The van der Waals surface area contributed by atoms with Gasteiger partial charge >= 0.3 is 11.9 Å². The maximum Gasteiger partial charge on any atom is 0.306 e. The molecule has 8 nitrogen and oxygen atoms in total. The molecule has 0 aromatic rings. The van der Waals surface area contributed by atoms with Crippen LogP contribution in [0.15, 0.2) is 0 Å². The van der Waals surface area contributed by atoms with E-state index < -0.39 is 22.2 Å². The highest BCUT2D eigenvalue weighted by molar-refractivity contribution is 5.69. The number of hydroxylamine groups is 4. The van der Waals surface area contributed by atoms with Gasteiger partial charge in [0.05, 0.1) is 0 Å². The topological polar surface area (TPSA) is 99.5 Å². The second-order valence-corrected chi connectivity index (χ2v) is 14.2. The lowest BCUT2D eigenvalue weighted by Gasteiger charge is -2.50. The van der Waals surface area contributed by atoms with E-state index in [4.69, 9.17) is 9.47 Å². The van der Waals surface area contributed by atoms with Gasteiger partial charge in [-0.05, 0) is 68.2 Å². The molecule has 0 amide bonds. The van der Waals surface area contributed by atoms with E-state index in [1.165, 1.54) is 10.1 Å². The predicted molar refractivity (Wildman–Crippen MR) is 148 cm³/mol. The number of unbranched alkanes of at least 4 members (excludes halogenated alkanes) is 7. The van der Waals surface area contributed by atoms with Gasteiger partial charge in [-0.3, -0.25) is 9.59 Å². The second-order valence-electron chi connectivity index (χ2n) is 14.2. The first-order chi connectivity index (χ1) is 17.5. The number of hydrogen-bond acceptors (Lipinski definition) is 8. The number of rotatable bonds is 13. The van der Waals surface area contributed by atoms with Crippen molar-refractivity contribution in [3.63, 3.8) is 0 Å². The summed E-state index contributed by atoms with van der Waals surface area (Å²) in [6, 6.07) is 0. The van der Waals surface area contributed by atoms with Gasteiger partial charge in [-0.1, -0.05) is 38.5 Å². The number of piperidine rings is 2. The molecule has 2 N–H and O–H groups in total. The highest BCUT2D eigenvalue weighted by Crippen LogP contribution is 2.39. The van der Waals surface area contributed by atoms with Crippen molar-refractivity contribution in [3.05, 3.63) is 0 Å². The normalized spacial score (nSPS) is 23.7. The Labute approximate surface area is 231 Å². The fourth-order valence-corrected chi connectivity index (χ4v) is 6.61. The van der Waals surface area contributed by atoms with E-state index in [0.717, 1.165) is 51.4 Å². The first-order valence-electron chi connectivity index (χ1n) is 14.8. The van der Waals surface area contributed by atoms with Crippen LogP contribution >= 0.6 is 0 Å². The molecule has 0 radical (unpaired) electrons. The molecule has 0 aliphatic carbocycles. The van der Waals surface area contributed by atoms with Gasteiger partial charge in [0.1, 0.15) is 12.2 Å². The fourth-order valence-electron chi connectivity index (χ4n) is 6.61. The summed E-state index contributed by atoms with van der Waals surface area (Å²) in [4.78, 5) is 24.7. The zero-order valence-electron chi connectivity index (χ0n) is 25.5. The van der Waals surface area contributed by atoms with E-state index in [0.29, 0.717) is 38.5 Å². The van der Waals surface area contributed by atoms with Crippen molar-refractivity contribution in [2.75, 3.05) is 0 Å².